The second-order valence-corrected chi connectivity index (χ2v) is 6.12. The monoisotopic (exact) mass is 365 g/mol. The standard InChI is InChI=1S/C18H17Cl2NO3/c1-12(15-4-2-3-5-16(15)20)21-17(22)11-24-18(23)10-13-6-8-14(19)9-7-13/h2-9,12H,10-11H2,1H3,(H,21,22)/t12-/m0/s1. The van der Waals surface area contributed by atoms with Gasteiger partial charge < -0.3 is 10.1 Å². The van der Waals surface area contributed by atoms with Crippen LogP contribution in [0.5, 0.6) is 0 Å². The number of carbonyl (C=O) groups is 2. The molecule has 1 N–H and O–H groups in total. The highest BCUT2D eigenvalue weighted by Crippen LogP contribution is 2.21. The summed E-state index contributed by atoms with van der Waals surface area (Å²) in [7, 11) is 0. The van der Waals surface area contributed by atoms with Crippen LogP contribution < -0.4 is 5.32 Å². The van der Waals surface area contributed by atoms with Crippen LogP contribution >= 0.6 is 23.2 Å². The molecule has 0 radical (unpaired) electrons. The van der Waals surface area contributed by atoms with Crippen LogP contribution in [0.3, 0.4) is 0 Å². The van der Waals surface area contributed by atoms with E-state index in [4.69, 9.17) is 27.9 Å². The van der Waals surface area contributed by atoms with Gasteiger partial charge in [0, 0.05) is 10.0 Å². The molecule has 126 valence electrons. The van der Waals surface area contributed by atoms with Crippen molar-refractivity contribution in [3.63, 3.8) is 0 Å². The topological polar surface area (TPSA) is 55.4 Å². The molecule has 4 nitrogen and oxygen atoms in total. The lowest BCUT2D eigenvalue weighted by Crippen LogP contribution is -2.31. The molecule has 1 atom stereocenters. The number of esters is 1. The Hall–Kier alpha value is -2.04. The van der Waals surface area contributed by atoms with E-state index < -0.39 is 5.97 Å². The van der Waals surface area contributed by atoms with Crippen molar-refractivity contribution in [1.29, 1.82) is 0 Å². The third-order valence-corrected chi connectivity index (χ3v) is 3.97. The molecule has 0 fully saturated rings. The van der Waals surface area contributed by atoms with Gasteiger partial charge in [0.15, 0.2) is 6.61 Å². The molecule has 2 aromatic rings. The van der Waals surface area contributed by atoms with Crippen molar-refractivity contribution >= 4 is 35.1 Å². The maximum Gasteiger partial charge on any atom is 0.310 e. The van der Waals surface area contributed by atoms with Gasteiger partial charge in [-0.25, -0.2) is 0 Å². The van der Waals surface area contributed by atoms with Crippen molar-refractivity contribution in [2.45, 2.75) is 19.4 Å². The zero-order chi connectivity index (χ0) is 17.5. The average Bonchev–Trinajstić information content (AvgIpc) is 2.55. The maximum absolute atomic E-state index is 11.9. The van der Waals surface area contributed by atoms with Crippen LogP contribution in [0.25, 0.3) is 0 Å². The van der Waals surface area contributed by atoms with Crippen molar-refractivity contribution in [3.8, 4) is 0 Å². The van der Waals surface area contributed by atoms with Gasteiger partial charge in [-0.05, 0) is 36.2 Å². The van der Waals surface area contributed by atoms with Crippen LogP contribution in [-0.2, 0) is 20.7 Å². The molecule has 6 heteroatoms. The number of amides is 1. The summed E-state index contributed by atoms with van der Waals surface area (Å²) in [5.41, 5.74) is 1.58. The van der Waals surface area contributed by atoms with Crippen molar-refractivity contribution in [2.24, 2.45) is 0 Å². The highest BCUT2D eigenvalue weighted by Gasteiger charge is 2.14. The number of nitrogens with one attached hydrogen (secondary N) is 1. The molecular weight excluding hydrogens is 349 g/mol. The predicted molar refractivity (Wildman–Crippen MR) is 94.1 cm³/mol. The van der Waals surface area contributed by atoms with Crippen molar-refractivity contribution in [1.82, 2.24) is 5.32 Å². The number of rotatable bonds is 6. The van der Waals surface area contributed by atoms with Gasteiger partial charge in [-0.1, -0.05) is 53.5 Å². The van der Waals surface area contributed by atoms with E-state index in [1.807, 2.05) is 25.1 Å². The minimum Gasteiger partial charge on any atom is -0.455 e. The average molecular weight is 366 g/mol. The minimum atomic E-state index is -0.474. The van der Waals surface area contributed by atoms with E-state index in [2.05, 4.69) is 5.32 Å². The second-order valence-electron chi connectivity index (χ2n) is 5.27. The number of hydrogen-bond acceptors (Lipinski definition) is 3. The molecule has 0 aliphatic rings. The van der Waals surface area contributed by atoms with Gasteiger partial charge in [-0.15, -0.1) is 0 Å². The SMILES string of the molecule is C[C@H](NC(=O)COC(=O)Cc1ccc(Cl)cc1)c1ccccc1Cl. The molecule has 0 saturated carbocycles. The third kappa shape index (κ3) is 5.55. The maximum atomic E-state index is 11.9. The summed E-state index contributed by atoms with van der Waals surface area (Å²) in [6, 6.07) is 13.8. The fourth-order valence-corrected chi connectivity index (χ4v) is 2.58. The van der Waals surface area contributed by atoms with Crippen LogP contribution in [0.1, 0.15) is 24.1 Å². The van der Waals surface area contributed by atoms with Crippen molar-refractivity contribution in [3.05, 3.63) is 69.7 Å². The Bertz CT molecular complexity index is 716. The molecule has 0 unspecified atom stereocenters. The third-order valence-electron chi connectivity index (χ3n) is 3.38. The molecule has 2 aromatic carbocycles. The zero-order valence-electron chi connectivity index (χ0n) is 13.1. The Morgan fingerprint density at radius 2 is 1.75 bits per heavy atom. The lowest BCUT2D eigenvalue weighted by atomic mass is 10.1. The minimum absolute atomic E-state index is 0.0878. The van der Waals surface area contributed by atoms with Crippen LogP contribution in [-0.4, -0.2) is 18.5 Å². The Morgan fingerprint density at radius 3 is 2.42 bits per heavy atom. The summed E-state index contributed by atoms with van der Waals surface area (Å²) in [6.45, 7) is 1.48. The zero-order valence-corrected chi connectivity index (χ0v) is 14.6. The van der Waals surface area contributed by atoms with Crippen molar-refractivity contribution in [2.75, 3.05) is 6.61 Å². The van der Waals surface area contributed by atoms with Crippen LogP contribution in [0.15, 0.2) is 48.5 Å². The van der Waals surface area contributed by atoms with E-state index in [1.165, 1.54) is 0 Å². The van der Waals surface area contributed by atoms with E-state index in [9.17, 15) is 9.59 Å². The number of hydrogen-bond donors (Lipinski definition) is 1. The van der Waals surface area contributed by atoms with E-state index in [0.717, 1.165) is 11.1 Å². The molecule has 2 rings (SSSR count). The smallest absolute Gasteiger partial charge is 0.310 e. The fraction of sp³-hybridized carbons (Fsp3) is 0.222. The molecule has 0 spiro atoms. The molecule has 0 aliphatic heterocycles. The van der Waals surface area contributed by atoms with E-state index in [1.54, 1.807) is 30.3 Å². The largest absolute Gasteiger partial charge is 0.455 e. The lowest BCUT2D eigenvalue weighted by molar-refractivity contribution is -0.148. The van der Waals surface area contributed by atoms with Crippen LogP contribution in [0.2, 0.25) is 10.0 Å². The van der Waals surface area contributed by atoms with Gasteiger partial charge in [-0.2, -0.15) is 0 Å². The van der Waals surface area contributed by atoms with E-state index in [-0.39, 0.29) is 25.0 Å². The molecule has 0 aromatic heterocycles. The Balaban J connectivity index is 1.79. The lowest BCUT2D eigenvalue weighted by Gasteiger charge is -2.15. The molecular formula is C18H17Cl2NO3. The molecule has 0 saturated heterocycles. The molecule has 0 heterocycles. The van der Waals surface area contributed by atoms with Gasteiger partial charge in [0.25, 0.3) is 5.91 Å². The summed E-state index contributed by atoms with van der Waals surface area (Å²) in [6.07, 6.45) is 0.0878. The number of halogens is 2. The molecule has 1 amide bonds. The van der Waals surface area contributed by atoms with Crippen molar-refractivity contribution < 1.29 is 14.3 Å². The quantitative estimate of drug-likeness (QED) is 0.788. The first kappa shape index (κ1) is 18.3. The Kier molecular flexibility index (Phi) is 6.64. The predicted octanol–water partition coefficient (Wildman–Crippen LogP) is 3.96. The fourth-order valence-electron chi connectivity index (χ4n) is 2.15. The number of carbonyl (C=O) groups excluding carboxylic acids is 2. The Morgan fingerprint density at radius 1 is 1.08 bits per heavy atom. The molecule has 24 heavy (non-hydrogen) atoms. The van der Waals surface area contributed by atoms with Gasteiger partial charge in [0.05, 0.1) is 12.5 Å². The first-order valence-corrected chi connectivity index (χ1v) is 8.15. The second kappa shape index (κ2) is 8.71. The Labute approximate surface area is 150 Å². The van der Waals surface area contributed by atoms with Gasteiger partial charge >= 0.3 is 5.97 Å². The highest BCUT2D eigenvalue weighted by molar-refractivity contribution is 6.31. The first-order chi connectivity index (χ1) is 11.5. The highest BCUT2D eigenvalue weighted by atomic mass is 35.5. The van der Waals surface area contributed by atoms with Crippen LogP contribution in [0, 0.1) is 0 Å². The van der Waals surface area contributed by atoms with E-state index >= 15 is 0 Å². The van der Waals surface area contributed by atoms with Crippen LogP contribution in [0.4, 0.5) is 0 Å². The number of ether oxygens (including phenoxy) is 1. The first-order valence-electron chi connectivity index (χ1n) is 7.39. The summed E-state index contributed by atoms with van der Waals surface area (Å²) in [4.78, 5) is 23.6. The summed E-state index contributed by atoms with van der Waals surface area (Å²) in [5.74, 6) is -0.857. The molecule has 0 bridgehead atoms. The van der Waals surface area contributed by atoms with E-state index in [0.29, 0.717) is 10.0 Å². The summed E-state index contributed by atoms with van der Waals surface area (Å²) in [5, 5.41) is 3.92. The number of benzene rings is 2. The molecule has 0 aliphatic carbocycles. The van der Waals surface area contributed by atoms with Gasteiger partial charge in [0.2, 0.25) is 0 Å². The normalized spacial score (nSPS) is 11.6. The van der Waals surface area contributed by atoms with Gasteiger partial charge in [-0.3, -0.25) is 9.59 Å². The summed E-state index contributed by atoms with van der Waals surface area (Å²) >= 11 is 11.9. The summed E-state index contributed by atoms with van der Waals surface area (Å²) < 4.78 is 4.99. The van der Waals surface area contributed by atoms with Gasteiger partial charge in [0.1, 0.15) is 0 Å².